The fraction of sp³-hybridized carbons (Fsp3) is 0.417. The first-order chi connectivity index (χ1) is 7.22. The maximum Gasteiger partial charge on any atom is 0.312 e. The molecule has 0 saturated heterocycles. The molecule has 0 aliphatic rings. The van der Waals surface area contributed by atoms with Crippen molar-refractivity contribution in [3.05, 3.63) is 35.4 Å². The van der Waals surface area contributed by atoms with Crippen molar-refractivity contribution in [3.8, 4) is 0 Å². The number of primary amides is 1. The van der Waals surface area contributed by atoms with Gasteiger partial charge in [-0.25, -0.2) is 4.79 Å². The molecule has 0 fully saturated rings. The standard InChI is InChI=1S/C10H14N2O.C2H6/c1-2-8-4-3-5-9(6-8)7-12-10(11)13;1-2/h3-6H,2,7H2,1H3,(H3,11,12,13);1-2H3. The number of carbonyl (C=O) groups excluding carboxylic acids is 1. The molecule has 0 aliphatic carbocycles. The van der Waals surface area contributed by atoms with Crippen molar-refractivity contribution in [1.82, 2.24) is 5.32 Å². The SMILES string of the molecule is CC.CCc1cccc(CNC(N)=O)c1. The Kier molecular flexibility index (Phi) is 7.06. The van der Waals surface area contributed by atoms with E-state index in [0.717, 1.165) is 12.0 Å². The van der Waals surface area contributed by atoms with Crippen LogP contribution in [0.25, 0.3) is 0 Å². The number of urea groups is 1. The second kappa shape index (κ2) is 7.85. The summed E-state index contributed by atoms with van der Waals surface area (Å²) >= 11 is 0. The van der Waals surface area contributed by atoms with Gasteiger partial charge >= 0.3 is 6.03 Å². The number of rotatable bonds is 3. The number of carbonyl (C=O) groups is 1. The third-order valence-corrected chi connectivity index (χ3v) is 1.87. The molecule has 3 N–H and O–H groups in total. The molecule has 0 aliphatic heterocycles. The van der Waals surface area contributed by atoms with E-state index in [1.807, 2.05) is 26.0 Å². The lowest BCUT2D eigenvalue weighted by Gasteiger charge is -2.03. The molecule has 1 aromatic carbocycles. The molecule has 0 saturated carbocycles. The van der Waals surface area contributed by atoms with Gasteiger partial charge in [0.05, 0.1) is 0 Å². The van der Waals surface area contributed by atoms with Crippen molar-refractivity contribution in [2.45, 2.75) is 33.7 Å². The Morgan fingerprint density at radius 2 is 1.93 bits per heavy atom. The summed E-state index contributed by atoms with van der Waals surface area (Å²) in [5, 5.41) is 2.55. The van der Waals surface area contributed by atoms with E-state index in [1.165, 1.54) is 5.56 Å². The van der Waals surface area contributed by atoms with Gasteiger partial charge in [-0.2, -0.15) is 0 Å². The van der Waals surface area contributed by atoms with Crippen LogP contribution in [-0.2, 0) is 13.0 Å². The minimum atomic E-state index is -0.484. The van der Waals surface area contributed by atoms with Crippen molar-refractivity contribution in [1.29, 1.82) is 0 Å². The molecule has 3 heteroatoms. The Balaban J connectivity index is 0.000000921. The molecule has 2 amide bonds. The number of nitrogens with one attached hydrogen (secondary N) is 1. The van der Waals surface area contributed by atoms with Crippen LogP contribution in [-0.4, -0.2) is 6.03 Å². The molecule has 3 nitrogen and oxygen atoms in total. The maximum atomic E-state index is 10.4. The fourth-order valence-electron chi connectivity index (χ4n) is 1.15. The molecular formula is C12H20N2O. The fourth-order valence-corrected chi connectivity index (χ4v) is 1.15. The van der Waals surface area contributed by atoms with Gasteiger partial charge in [-0.05, 0) is 17.5 Å². The molecule has 0 aromatic heterocycles. The van der Waals surface area contributed by atoms with Gasteiger partial charge in [0, 0.05) is 6.54 Å². The topological polar surface area (TPSA) is 55.1 Å². The highest BCUT2D eigenvalue weighted by molar-refractivity contribution is 5.71. The van der Waals surface area contributed by atoms with Gasteiger partial charge in [-0.15, -0.1) is 0 Å². The summed E-state index contributed by atoms with van der Waals surface area (Å²) in [6, 6.07) is 7.59. The lowest BCUT2D eigenvalue weighted by molar-refractivity contribution is 0.248. The molecule has 84 valence electrons. The smallest absolute Gasteiger partial charge is 0.312 e. The summed E-state index contributed by atoms with van der Waals surface area (Å²) in [6.07, 6.45) is 1.00. The third kappa shape index (κ3) is 5.73. The first-order valence-electron chi connectivity index (χ1n) is 5.33. The van der Waals surface area contributed by atoms with E-state index < -0.39 is 6.03 Å². The average molecular weight is 208 g/mol. The van der Waals surface area contributed by atoms with E-state index in [9.17, 15) is 4.79 Å². The van der Waals surface area contributed by atoms with Crippen LogP contribution in [0.4, 0.5) is 4.79 Å². The van der Waals surface area contributed by atoms with E-state index in [-0.39, 0.29) is 0 Å². The average Bonchev–Trinajstić information content (AvgIpc) is 2.29. The highest BCUT2D eigenvalue weighted by Crippen LogP contribution is 2.05. The van der Waals surface area contributed by atoms with Crippen LogP contribution in [0.5, 0.6) is 0 Å². The lowest BCUT2D eigenvalue weighted by atomic mass is 10.1. The number of amides is 2. The zero-order valence-electron chi connectivity index (χ0n) is 9.71. The molecule has 0 radical (unpaired) electrons. The van der Waals surface area contributed by atoms with Crippen LogP contribution in [0.15, 0.2) is 24.3 Å². The Morgan fingerprint density at radius 3 is 2.47 bits per heavy atom. The highest BCUT2D eigenvalue weighted by atomic mass is 16.2. The third-order valence-electron chi connectivity index (χ3n) is 1.87. The Labute approximate surface area is 91.7 Å². The van der Waals surface area contributed by atoms with Crippen LogP contribution < -0.4 is 11.1 Å². The zero-order chi connectivity index (χ0) is 11.7. The number of benzene rings is 1. The van der Waals surface area contributed by atoms with Crippen molar-refractivity contribution in [2.24, 2.45) is 5.73 Å². The molecule has 0 unspecified atom stereocenters. The summed E-state index contributed by atoms with van der Waals surface area (Å²) < 4.78 is 0. The number of hydrogen-bond donors (Lipinski definition) is 2. The number of aryl methyl sites for hydroxylation is 1. The summed E-state index contributed by atoms with van der Waals surface area (Å²) in [4.78, 5) is 10.4. The summed E-state index contributed by atoms with van der Waals surface area (Å²) in [7, 11) is 0. The van der Waals surface area contributed by atoms with E-state index in [1.54, 1.807) is 0 Å². The first-order valence-corrected chi connectivity index (χ1v) is 5.33. The Bertz CT molecular complexity index is 297. The summed E-state index contributed by atoms with van der Waals surface area (Å²) in [5.74, 6) is 0. The van der Waals surface area contributed by atoms with Crippen LogP contribution >= 0.6 is 0 Å². The second-order valence-corrected chi connectivity index (χ2v) is 2.89. The molecule has 1 aromatic rings. The van der Waals surface area contributed by atoms with Crippen molar-refractivity contribution < 1.29 is 4.79 Å². The van der Waals surface area contributed by atoms with Gasteiger partial charge in [0.15, 0.2) is 0 Å². The summed E-state index contributed by atoms with van der Waals surface area (Å²) in [5.41, 5.74) is 7.31. The molecule has 1 rings (SSSR count). The molecule has 15 heavy (non-hydrogen) atoms. The Hall–Kier alpha value is -1.51. The van der Waals surface area contributed by atoms with Crippen LogP contribution in [0, 0.1) is 0 Å². The van der Waals surface area contributed by atoms with Crippen molar-refractivity contribution >= 4 is 6.03 Å². The number of nitrogens with two attached hydrogens (primary N) is 1. The van der Waals surface area contributed by atoms with E-state index in [4.69, 9.17) is 5.73 Å². The zero-order valence-corrected chi connectivity index (χ0v) is 9.71. The van der Waals surface area contributed by atoms with Crippen molar-refractivity contribution in [2.75, 3.05) is 0 Å². The molecule has 0 bridgehead atoms. The molecule has 0 heterocycles. The van der Waals surface area contributed by atoms with Crippen LogP contribution in [0.2, 0.25) is 0 Å². The maximum absolute atomic E-state index is 10.4. The number of hydrogen-bond acceptors (Lipinski definition) is 1. The highest BCUT2D eigenvalue weighted by Gasteiger charge is 1.95. The lowest BCUT2D eigenvalue weighted by Crippen LogP contribution is -2.28. The van der Waals surface area contributed by atoms with Gasteiger partial charge < -0.3 is 11.1 Å². The van der Waals surface area contributed by atoms with Gasteiger partial charge in [-0.3, -0.25) is 0 Å². The predicted octanol–water partition coefficient (Wildman–Crippen LogP) is 2.44. The largest absolute Gasteiger partial charge is 0.352 e. The van der Waals surface area contributed by atoms with E-state index in [2.05, 4.69) is 24.4 Å². The van der Waals surface area contributed by atoms with Gasteiger partial charge in [0.2, 0.25) is 0 Å². The quantitative estimate of drug-likeness (QED) is 0.787. The molecular weight excluding hydrogens is 188 g/mol. The predicted molar refractivity (Wildman–Crippen MR) is 63.6 cm³/mol. The minimum Gasteiger partial charge on any atom is -0.352 e. The summed E-state index contributed by atoms with van der Waals surface area (Å²) in [6.45, 7) is 6.60. The molecule has 0 spiro atoms. The van der Waals surface area contributed by atoms with Crippen molar-refractivity contribution in [3.63, 3.8) is 0 Å². The monoisotopic (exact) mass is 208 g/mol. The second-order valence-electron chi connectivity index (χ2n) is 2.89. The van der Waals surface area contributed by atoms with Gasteiger partial charge in [-0.1, -0.05) is 45.0 Å². The van der Waals surface area contributed by atoms with Gasteiger partial charge in [0.25, 0.3) is 0 Å². The first kappa shape index (κ1) is 13.5. The Morgan fingerprint density at radius 1 is 1.33 bits per heavy atom. The molecule has 0 atom stereocenters. The normalized spacial score (nSPS) is 8.73. The van der Waals surface area contributed by atoms with Crippen LogP contribution in [0.1, 0.15) is 31.9 Å². The van der Waals surface area contributed by atoms with E-state index in [0.29, 0.717) is 6.54 Å². The van der Waals surface area contributed by atoms with Crippen LogP contribution in [0.3, 0.4) is 0 Å². The minimum absolute atomic E-state index is 0.484. The van der Waals surface area contributed by atoms with Gasteiger partial charge in [0.1, 0.15) is 0 Å². The van der Waals surface area contributed by atoms with E-state index >= 15 is 0 Å².